The van der Waals surface area contributed by atoms with Crippen LogP contribution in [0.1, 0.15) is 24.0 Å². The molecule has 1 amide bonds. The highest BCUT2D eigenvalue weighted by atomic mass is 32.2. The summed E-state index contributed by atoms with van der Waals surface area (Å²) >= 11 is 0. The second-order valence-electron chi connectivity index (χ2n) is 9.06. The van der Waals surface area contributed by atoms with Crippen LogP contribution in [0.5, 0.6) is 0 Å². The molecule has 0 bridgehead atoms. The average Bonchev–Trinajstić information content (AvgIpc) is 2.84. The average molecular weight is 506 g/mol. The van der Waals surface area contributed by atoms with Crippen LogP contribution < -0.4 is 0 Å². The van der Waals surface area contributed by atoms with Crippen molar-refractivity contribution in [3.63, 3.8) is 0 Å². The van der Waals surface area contributed by atoms with E-state index < -0.39 is 26.0 Å². The lowest BCUT2D eigenvalue weighted by Gasteiger charge is -2.38. The van der Waals surface area contributed by atoms with Crippen molar-refractivity contribution in [3.8, 4) is 0 Å². The Morgan fingerprint density at radius 2 is 1.18 bits per heavy atom. The fourth-order valence-electron chi connectivity index (χ4n) is 4.49. The summed E-state index contributed by atoms with van der Waals surface area (Å²) in [5.41, 5.74) is 1.97. The lowest BCUT2D eigenvalue weighted by molar-refractivity contribution is -0.137. The highest BCUT2D eigenvalue weighted by molar-refractivity contribution is 7.89. The van der Waals surface area contributed by atoms with E-state index in [1.54, 1.807) is 53.4 Å². The van der Waals surface area contributed by atoms with Gasteiger partial charge < -0.3 is 4.90 Å². The number of benzene rings is 2. The minimum Gasteiger partial charge on any atom is -0.340 e. The number of aryl methyl sites for hydroxylation is 2. The zero-order valence-corrected chi connectivity index (χ0v) is 21.2. The SMILES string of the molecule is Cc1ccc(S(=O)(=O)N2CCN(C(=O)[C@@H]3CCCN(S(=O)(=O)c4ccc(C)cc4)C3)CC2)cc1. The summed E-state index contributed by atoms with van der Waals surface area (Å²) < 4.78 is 54.8. The monoisotopic (exact) mass is 505 g/mol. The summed E-state index contributed by atoms with van der Waals surface area (Å²) in [6.45, 7) is 5.38. The molecule has 0 N–H and O–H groups in total. The standard InChI is InChI=1S/C24H31N3O5S2/c1-19-5-9-22(10-6-19)33(29,30)26-16-14-25(15-17-26)24(28)21-4-3-13-27(18-21)34(31,32)23-11-7-20(2)8-12-23/h5-12,21H,3-4,13-18H2,1-2H3/t21-/m1/s1. The van der Waals surface area contributed by atoms with E-state index in [0.717, 1.165) is 11.1 Å². The first-order valence-corrected chi connectivity index (χ1v) is 14.4. The molecule has 2 aromatic carbocycles. The topological polar surface area (TPSA) is 95.1 Å². The first-order valence-electron chi connectivity index (χ1n) is 11.5. The Hall–Kier alpha value is -2.27. The van der Waals surface area contributed by atoms with Crippen LogP contribution in [-0.2, 0) is 24.8 Å². The van der Waals surface area contributed by atoms with Gasteiger partial charge in [0, 0.05) is 39.3 Å². The predicted molar refractivity (Wildman–Crippen MR) is 129 cm³/mol. The third-order valence-corrected chi connectivity index (χ3v) is 10.4. The molecule has 0 aromatic heterocycles. The summed E-state index contributed by atoms with van der Waals surface area (Å²) in [4.78, 5) is 15.4. The fourth-order valence-corrected chi connectivity index (χ4v) is 7.43. The van der Waals surface area contributed by atoms with Crippen molar-refractivity contribution in [3.05, 3.63) is 59.7 Å². The second-order valence-corrected chi connectivity index (χ2v) is 12.9. The van der Waals surface area contributed by atoms with Crippen LogP contribution in [0, 0.1) is 19.8 Å². The van der Waals surface area contributed by atoms with E-state index in [1.165, 1.54) is 8.61 Å². The molecule has 0 unspecified atom stereocenters. The predicted octanol–water partition coefficient (Wildman–Crippen LogP) is 2.24. The molecule has 34 heavy (non-hydrogen) atoms. The number of hydrogen-bond acceptors (Lipinski definition) is 5. The molecule has 0 spiro atoms. The summed E-state index contributed by atoms with van der Waals surface area (Å²) in [7, 11) is -7.27. The summed E-state index contributed by atoms with van der Waals surface area (Å²) in [6.07, 6.45) is 1.24. The molecule has 1 atom stereocenters. The van der Waals surface area contributed by atoms with Crippen LogP contribution >= 0.6 is 0 Å². The van der Waals surface area contributed by atoms with E-state index in [1.807, 2.05) is 13.8 Å². The number of carbonyl (C=O) groups excluding carboxylic acids is 1. The third-order valence-electron chi connectivity index (χ3n) is 6.60. The van der Waals surface area contributed by atoms with Gasteiger partial charge in [-0.15, -0.1) is 0 Å². The van der Waals surface area contributed by atoms with Crippen LogP contribution in [0.4, 0.5) is 0 Å². The summed E-state index contributed by atoms with van der Waals surface area (Å²) in [5.74, 6) is -0.523. The molecule has 2 heterocycles. The molecular formula is C24H31N3O5S2. The largest absolute Gasteiger partial charge is 0.340 e. The van der Waals surface area contributed by atoms with Gasteiger partial charge in [0.25, 0.3) is 0 Å². The zero-order valence-electron chi connectivity index (χ0n) is 19.6. The molecule has 2 fully saturated rings. The molecule has 2 aliphatic heterocycles. The molecule has 8 nitrogen and oxygen atoms in total. The van der Waals surface area contributed by atoms with Gasteiger partial charge in [0.2, 0.25) is 26.0 Å². The Labute approximate surface area is 202 Å². The molecule has 2 saturated heterocycles. The van der Waals surface area contributed by atoms with E-state index in [4.69, 9.17) is 0 Å². The van der Waals surface area contributed by atoms with Gasteiger partial charge in [0.15, 0.2) is 0 Å². The van der Waals surface area contributed by atoms with Crippen molar-refractivity contribution in [2.75, 3.05) is 39.3 Å². The minimum atomic E-state index is -3.66. The molecule has 184 valence electrons. The van der Waals surface area contributed by atoms with Gasteiger partial charge in [-0.3, -0.25) is 4.79 Å². The van der Waals surface area contributed by atoms with Crippen LogP contribution in [0.2, 0.25) is 0 Å². The maximum atomic E-state index is 13.2. The molecule has 4 rings (SSSR count). The Kier molecular flexibility index (Phi) is 7.14. The van der Waals surface area contributed by atoms with Crippen molar-refractivity contribution < 1.29 is 21.6 Å². The molecule has 10 heteroatoms. The van der Waals surface area contributed by atoms with E-state index >= 15 is 0 Å². The number of carbonyl (C=O) groups is 1. The number of rotatable bonds is 5. The lowest BCUT2D eigenvalue weighted by Crippen LogP contribution is -2.54. The van der Waals surface area contributed by atoms with E-state index in [2.05, 4.69) is 0 Å². The maximum absolute atomic E-state index is 13.2. The maximum Gasteiger partial charge on any atom is 0.243 e. The van der Waals surface area contributed by atoms with Gasteiger partial charge in [0.05, 0.1) is 15.7 Å². The number of amides is 1. The number of sulfonamides is 2. The molecular weight excluding hydrogens is 474 g/mol. The zero-order chi connectivity index (χ0) is 24.5. The first-order chi connectivity index (χ1) is 16.1. The molecule has 2 aliphatic rings. The van der Waals surface area contributed by atoms with Crippen molar-refractivity contribution in [1.82, 2.24) is 13.5 Å². The Morgan fingerprint density at radius 1 is 0.706 bits per heavy atom. The smallest absolute Gasteiger partial charge is 0.243 e. The lowest BCUT2D eigenvalue weighted by atomic mass is 9.98. The van der Waals surface area contributed by atoms with Crippen molar-refractivity contribution >= 4 is 26.0 Å². The number of hydrogen-bond donors (Lipinski definition) is 0. The minimum absolute atomic E-state index is 0.101. The number of piperidine rings is 1. The molecule has 0 saturated carbocycles. The van der Waals surface area contributed by atoms with Crippen LogP contribution in [0.3, 0.4) is 0 Å². The Balaban J connectivity index is 1.39. The van der Waals surface area contributed by atoms with Gasteiger partial charge >= 0.3 is 0 Å². The molecule has 0 aliphatic carbocycles. The van der Waals surface area contributed by atoms with Crippen molar-refractivity contribution in [2.24, 2.45) is 5.92 Å². The number of piperazine rings is 1. The van der Waals surface area contributed by atoms with Crippen molar-refractivity contribution in [1.29, 1.82) is 0 Å². The second kappa shape index (κ2) is 9.77. The molecule has 0 radical (unpaired) electrons. The number of nitrogens with zero attached hydrogens (tertiary/aromatic N) is 3. The van der Waals surface area contributed by atoms with E-state index in [9.17, 15) is 21.6 Å². The summed E-state index contributed by atoms with van der Waals surface area (Å²) in [6, 6.07) is 13.5. The Morgan fingerprint density at radius 3 is 1.68 bits per heavy atom. The Bertz CT molecular complexity index is 1230. The van der Waals surface area contributed by atoms with Gasteiger partial charge in [-0.1, -0.05) is 35.4 Å². The van der Waals surface area contributed by atoms with Gasteiger partial charge in [-0.2, -0.15) is 8.61 Å². The van der Waals surface area contributed by atoms with E-state index in [0.29, 0.717) is 32.5 Å². The normalized spacial score (nSPS) is 20.9. The quantitative estimate of drug-likeness (QED) is 0.621. The third kappa shape index (κ3) is 5.05. The highest BCUT2D eigenvalue weighted by Crippen LogP contribution is 2.26. The van der Waals surface area contributed by atoms with Crippen LogP contribution in [0.25, 0.3) is 0 Å². The van der Waals surface area contributed by atoms with Crippen LogP contribution in [0.15, 0.2) is 58.3 Å². The van der Waals surface area contributed by atoms with Gasteiger partial charge in [-0.25, -0.2) is 16.8 Å². The van der Waals surface area contributed by atoms with Crippen molar-refractivity contribution in [2.45, 2.75) is 36.5 Å². The molecule has 2 aromatic rings. The highest BCUT2D eigenvalue weighted by Gasteiger charge is 2.37. The van der Waals surface area contributed by atoms with Crippen LogP contribution in [-0.4, -0.2) is 75.5 Å². The van der Waals surface area contributed by atoms with Gasteiger partial charge in [-0.05, 0) is 51.0 Å². The van der Waals surface area contributed by atoms with Gasteiger partial charge in [0.1, 0.15) is 0 Å². The first kappa shape index (κ1) is 24.8. The fraction of sp³-hybridized carbons (Fsp3) is 0.458. The summed E-state index contributed by atoms with van der Waals surface area (Å²) in [5, 5.41) is 0. The van der Waals surface area contributed by atoms with E-state index in [-0.39, 0.29) is 35.3 Å².